The fourth-order valence-electron chi connectivity index (χ4n) is 1.35. The predicted octanol–water partition coefficient (Wildman–Crippen LogP) is 0.724. The van der Waals surface area contributed by atoms with Crippen LogP contribution in [0.2, 0.25) is 0 Å². The van der Waals surface area contributed by atoms with Crippen molar-refractivity contribution in [2.24, 2.45) is 11.3 Å². The van der Waals surface area contributed by atoms with Gasteiger partial charge in [0.2, 0.25) is 10.0 Å². The second kappa shape index (κ2) is 4.80. The van der Waals surface area contributed by atoms with Gasteiger partial charge in [0.1, 0.15) is 0 Å². The number of nitrogens with one attached hydrogen (secondary N) is 1. The van der Waals surface area contributed by atoms with Crippen molar-refractivity contribution >= 4 is 10.0 Å². The summed E-state index contributed by atoms with van der Waals surface area (Å²) in [6.45, 7) is 4.39. The Balaban J connectivity index is 2.33. The van der Waals surface area contributed by atoms with Crippen molar-refractivity contribution < 1.29 is 13.5 Å². The van der Waals surface area contributed by atoms with Crippen molar-refractivity contribution in [3.8, 4) is 0 Å². The van der Waals surface area contributed by atoms with E-state index in [1.807, 2.05) is 13.8 Å². The first-order chi connectivity index (χ1) is 6.85. The summed E-state index contributed by atoms with van der Waals surface area (Å²) < 4.78 is 25.7. The van der Waals surface area contributed by atoms with Gasteiger partial charge in [0.15, 0.2) is 0 Å². The Labute approximate surface area is 92.1 Å². The molecule has 15 heavy (non-hydrogen) atoms. The largest absolute Gasteiger partial charge is 0.396 e. The maximum absolute atomic E-state index is 11.6. The molecule has 0 aromatic heterocycles. The van der Waals surface area contributed by atoms with Crippen molar-refractivity contribution in [1.29, 1.82) is 0 Å². The van der Waals surface area contributed by atoms with Crippen LogP contribution in [0.1, 0.15) is 33.1 Å². The summed E-state index contributed by atoms with van der Waals surface area (Å²) in [6.07, 6.45) is 2.70. The fraction of sp³-hybridized carbons (Fsp3) is 1.00. The maximum Gasteiger partial charge on any atom is 0.211 e. The molecule has 0 heterocycles. The van der Waals surface area contributed by atoms with Gasteiger partial charge in [-0.2, -0.15) is 0 Å². The topological polar surface area (TPSA) is 66.4 Å². The van der Waals surface area contributed by atoms with Crippen LogP contribution in [0.15, 0.2) is 0 Å². The third-order valence-electron chi connectivity index (χ3n) is 2.71. The molecule has 1 fully saturated rings. The van der Waals surface area contributed by atoms with E-state index in [1.54, 1.807) is 0 Å². The molecule has 5 heteroatoms. The van der Waals surface area contributed by atoms with Gasteiger partial charge in [-0.3, -0.25) is 0 Å². The van der Waals surface area contributed by atoms with Crippen molar-refractivity contribution in [1.82, 2.24) is 4.72 Å². The number of aliphatic hydroxyl groups excluding tert-OH is 1. The van der Waals surface area contributed by atoms with Gasteiger partial charge in [-0.25, -0.2) is 13.1 Å². The highest BCUT2D eigenvalue weighted by atomic mass is 32.2. The van der Waals surface area contributed by atoms with Crippen LogP contribution in [-0.4, -0.2) is 32.4 Å². The Morgan fingerprint density at radius 2 is 2.00 bits per heavy atom. The van der Waals surface area contributed by atoms with E-state index in [4.69, 9.17) is 5.11 Å². The number of rotatable bonds is 7. The molecule has 0 bridgehead atoms. The first-order valence-electron chi connectivity index (χ1n) is 5.43. The molecule has 0 aliphatic heterocycles. The minimum Gasteiger partial charge on any atom is -0.396 e. The number of sulfonamides is 1. The van der Waals surface area contributed by atoms with Gasteiger partial charge in [0.05, 0.1) is 5.75 Å². The summed E-state index contributed by atoms with van der Waals surface area (Å²) in [7, 11) is -3.10. The zero-order chi connectivity index (χ0) is 11.5. The number of aliphatic hydroxyl groups is 1. The smallest absolute Gasteiger partial charge is 0.211 e. The number of hydrogen-bond donors (Lipinski definition) is 2. The van der Waals surface area contributed by atoms with Crippen molar-refractivity contribution in [2.75, 3.05) is 18.9 Å². The summed E-state index contributed by atoms with van der Waals surface area (Å²) in [5.74, 6) is 0.644. The molecule has 1 aliphatic carbocycles. The highest BCUT2D eigenvalue weighted by Gasteiger charge is 2.29. The zero-order valence-corrected chi connectivity index (χ0v) is 10.3. The average molecular weight is 235 g/mol. The van der Waals surface area contributed by atoms with Crippen molar-refractivity contribution in [3.63, 3.8) is 0 Å². The van der Waals surface area contributed by atoms with Crippen molar-refractivity contribution in [3.05, 3.63) is 0 Å². The Morgan fingerprint density at radius 1 is 1.40 bits per heavy atom. The molecule has 0 aromatic carbocycles. The molecule has 0 aromatic rings. The molecular weight excluding hydrogens is 214 g/mol. The van der Waals surface area contributed by atoms with E-state index in [2.05, 4.69) is 4.72 Å². The standard InChI is InChI=1S/C10H21NO3S/c1-10(2,5-6-12)8-11-15(13,14)7-9-3-4-9/h9,11-12H,3-8H2,1-2H3. The quantitative estimate of drug-likeness (QED) is 0.683. The third kappa shape index (κ3) is 5.49. The molecule has 0 spiro atoms. The summed E-state index contributed by atoms with van der Waals surface area (Å²) in [4.78, 5) is 0. The van der Waals surface area contributed by atoms with Crippen LogP contribution in [0.3, 0.4) is 0 Å². The van der Waals surface area contributed by atoms with Gasteiger partial charge in [0.25, 0.3) is 0 Å². The van der Waals surface area contributed by atoms with Gasteiger partial charge < -0.3 is 5.11 Å². The van der Waals surface area contributed by atoms with Gasteiger partial charge in [0, 0.05) is 13.2 Å². The molecule has 1 saturated carbocycles. The van der Waals surface area contributed by atoms with Gasteiger partial charge in [-0.1, -0.05) is 13.8 Å². The van der Waals surface area contributed by atoms with Crippen LogP contribution >= 0.6 is 0 Å². The first kappa shape index (κ1) is 12.9. The lowest BCUT2D eigenvalue weighted by atomic mass is 9.90. The van der Waals surface area contributed by atoms with E-state index < -0.39 is 10.0 Å². The minimum absolute atomic E-state index is 0.0946. The van der Waals surface area contributed by atoms with Crippen LogP contribution in [0.25, 0.3) is 0 Å². The zero-order valence-electron chi connectivity index (χ0n) is 9.49. The molecule has 0 unspecified atom stereocenters. The molecule has 0 amide bonds. The van der Waals surface area contributed by atoms with Crippen LogP contribution < -0.4 is 4.72 Å². The second-order valence-corrected chi connectivity index (χ2v) is 7.04. The molecule has 90 valence electrons. The van der Waals surface area contributed by atoms with Gasteiger partial charge >= 0.3 is 0 Å². The summed E-state index contributed by atoms with van der Waals surface area (Å²) >= 11 is 0. The van der Waals surface area contributed by atoms with Gasteiger partial charge in [-0.15, -0.1) is 0 Å². The van der Waals surface area contributed by atoms with E-state index in [9.17, 15) is 8.42 Å². The highest BCUT2D eigenvalue weighted by Crippen LogP contribution is 2.30. The van der Waals surface area contributed by atoms with Crippen LogP contribution in [0.4, 0.5) is 0 Å². The maximum atomic E-state index is 11.6. The average Bonchev–Trinajstić information content (AvgIpc) is 2.85. The first-order valence-corrected chi connectivity index (χ1v) is 7.08. The Kier molecular flexibility index (Phi) is 4.14. The molecule has 1 rings (SSSR count). The van der Waals surface area contributed by atoms with E-state index in [-0.39, 0.29) is 17.8 Å². The Hall–Kier alpha value is -0.130. The molecule has 0 atom stereocenters. The second-order valence-electron chi connectivity index (χ2n) is 5.18. The lowest BCUT2D eigenvalue weighted by molar-refractivity contribution is 0.213. The molecule has 0 saturated heterocycles. The Bertz CT molecular complexity index is 294. The highest BCUT2D eigenvalue weighted by molar-refractivity contribution is 7.89. The van der Waals surface area contributed by atoms with Crippen LogP contribution in [0.5, 0.6) is 0 Å². The predicted molar refractivity (Wildman–Crippen MR) is 60.0 cm³/mol. The lowest BCUT2D eigenvalue weighted by Gasteiger charge is -2.23. The third-order valence-corrected chi connectivity index (χ3v) is 4.21. The normalized spacial score (nSPS) is 18.1. The Morgan fingerprint density at radius 3 is 2.47 bits per heavy atom. The molecule has 1 aliphatic rings. The molecule has 4 nitrogen and oxygen atoms in total. The summed E-state index contributed by atoms with van der Waals surface area (Å²) in [6, 6.07) is 0. The SMILES string of the molecule is CC(C)(CCO)CNS(=O)(=O)CC1CC1. The summed E-state index contributed by atoms with van der Waals surface area (Å²) in [5, 5.41) is 8.81. The minimum atomic E-state index is -3.10. The van der Waals surface area contributed by atoms with Crippen LogP contribution in [0, 0.1) is 11.3 Å². The van der Waals surface area contributed by atoms with Gasteiger partial charge in [-0.05, 0) is 30.6 Å². The molecule has 2 N–H and O–H groups in total. The molecular formula is C10H21NO3S. The number of hydrogen-bond acceptors (Lipinski definition) is 3. The van der Waals surface area contributed by atoms with E-state index >= 15 is 0 Å². The van der Waals surface area contributed by atoms with E-state index in [0.29, 0.717) is 18.9 Å². The molecule has 0 radical (unpaired) electrons. The van der Waals surface area contributed by atoms with E-state index in [1.165, 1.54) is 0 Å². The van der Waals surface area contributed by atoms with Crippen LogP contribution in [-0.2, 0) is 10.0 Å². The summed E-state index contributed by atoms with van der Waals surface area (Å²) in [5.41, 5.74) is -0.175. The monoisotopic (exact) mass is 235 g/mol. The van der Waals surface area contributed by atoms with E-state index in [0.717, 1.165) is 12.8 Å². The fourth-order valence-corrected chi connectivity index (χ4v) is 3.03. The lowest BCUT2D eigenvalue weighted by Crippen LogP contribution is -2.36. The van der Waals surface area contributed by atoms with Crippen molar-refractivity contribution in [2.45, 2.75) is 33.1 Å².